The molecular formula is C16H12FNO3. The molecule has 0 saturated carbocycles. The molecule has 21 heavy (non-hydrogen) atoms. The van der Waals surface area contributed by atoms with Crippen LogP contribution in [-0.2, 0) is 0 Å². The number of halogens is 1. The highest BCUT2D eigenvalue weighted by Gasteiger charge is 2.11. The summed E-state index contributed by atoms with van der Waals surface area (Å²) in [6, 6.07) is 11.2. The monoisotopic (exact) mass is 285 g/mol. The smallest absolute Gasteiger partial charge is 0.352 e. The summed E-state index contributed by atoms with van der Waals surface area (Å²) in [6.45, 7) is 0. The van der Waals surface area contributed by atoms with Gasteiger partial charge >= 0.3 is 5.97 Å². The van der Waals surface area contributed by atoms with E-state index in [2.05, 4.69) is 4.98 Å². The maximum Gasteiger partial charge on any atom is 0.352 e. The van der Waals surface area contributed by atoms with E-state index in [-0.39, 0.29) is 11.5 Å². The first-order valence-corrected chi connectivity index (χ1v) is 6.28. The molecule has 0 aliphatic carbocycles. The van der Waals surface area contributed by atoms with E-state index in [1.807, 2.05) is 0 Å². The predicted molar refractivity (Wildman–Crippen MR) is 77.2 cm³/mol. The predicted octanol–water partition coefficient (Wildman–Crippen LogP) is 3.68. The molecule has 0 bridgehead atoms. The van der Waals surface area contributed by atoms with Crippen LogP contribution in [0.5, 0.6) is 5.75 Å². The molecule has 0 amide bonds. The summed E-state index contributed by atoms with van der Waals surface area (Å²) in [5.41, 5.74) is 2.16. The summed E-state index contributed by atoms with van der Waals surface area (Å²) in [5, 5.41) is 9.77. The number of ether oxygens (including phenoxy) is 1. The number of fused-ring (bicyclic) bond motifs is 1. The number of aromatic carboxylic acids is 1. The van der Waals surface area contributed by atoms with Crippen LogP contribution in [0.25, 0.3) is 22.0 Å². The van der Waals surface area contributed by atoms with Crippen molar-refractivity contribution in [3.05, 3.63) is 54.0 Å². The minimum Gasteiger partial charge on any atom is -0.496 e. The molecule has 0 spiro atoms. The van der Waals surface area contributed by atoms with E-state index in [1.54, 1.807) is 30.3 Å². The number of carboxylic acid groups (broad SMARTS) is 1. The number of carboxylic acids is 1. The van der Waals surface area contributed by atoms with Crippen LogP contribution in [0.2, 0.25) is 0 Å². The van der Waals surface area contributed by atoms with Gasteiger partial charge in [0.1, 0.15) is 17.3 Å². The summed E-state index contributed by atoms with van der Waals surface area (Å²) in [6.07, 6.45) is 0. The molecule has 0 unspecified atom stereocenters. The highest BCUT2D eigenvalue weighted by molar-refractivity contribution is 5.95. The zero-order chi connectivity index (χ0) is 15.0. The lowest BCUT2D eigenvalue weighted by Gasteiger charge is -2.08. The zero-order valence-electron chi connectivity index (χ0n) is 11.2. The van der Waals surface area contributed by atoms with Crippen molar-refractivity contribution in [3.8, 4) is 16.9 Å². The van der Waals surface area contributed by atoms with E-state index in [1.165, 1.54) is 19.2 Å². The summed E-state index contributed by atoms with van der Waals surface area (Å²) < 4.78 is 18.7. The number of aromatic amines is 1. The molecule has 2 N–H and O–H groups in total. The lowest BCUT2D eigenvalue weighted by Crippen LogP contribution is -1.94. The van der Waals surface area contributed by atoms with Crippen molar-refractivity contribution < 1.29 is 19.0 Å². The summed E-state index contributed by atoms with van der Waals surface area (Å²) in [7, 11) is 1.52. The molecule has 5 heteroatoms. The molecule has 4 nitrogen and oxygen atoms in total. The summed E-state index contributed by atoms with van der Waals surface area (Å²) in [5.74, 6) is -0.819. The maximum absolute atomic E-state index is 13.5. The Balaban J connectivity index is 2.17. The summed E-state index contributed by atoms with van der Waals surface area (Å²) in [4.78, 5) is 13.8. The van der Waals surface area contributed by atoms with Crippen molar-refractivity contribution in [3.63, 3.8) is 0 Å². The molecule has 0 saturated heterocycles. The Hall–Kier alpha value is -2.82. The Morgan fingerprint density at radius 2 is 2.00 bits per heavy atom. The fourth-order valence-electron chi connectivity index (χ4n) is 2.32. The fraction of sp³-hybridized carbons (Fsp3) is 0.0625. The lowest BCUT2D eigenvalue weighted by molar-refractivity contribution is 0.0691. The molecular weight excluding hydrogens is 273 g/mol. The topological polar surface area (TPSA) is 62.3 Å². The Kier molecular flexibility index (Phi) is 3.10. The highest BCUT2D eigenvalue weighted by atomic mass is 19.1. The minimum atomic E-state index is -1.02. The van der Waals surface area contributed by atoms with E-state index in [4.69, 9.17) is 9.84 Å². The average Bonchev–Trinajstić information content (AvgIpc) is 2.90. The van der Waals surface area contributed by atoms with Crippen molar-refractivity contribution in [2.75, 3.05) is 7.11 Å². The highest BCUT2D eigenvalue weighted by Crippen LogP contribution is 2.32. The quantitative estimate of drug-likeness (QED) is 0.771. The zero-order valence-corrected chi connectivity index (χ0v) is 11.2. The third-order valence-corrected chi connectivity index (χ3v) is 3.33. The normalized spacial score (nSPS) is 10.8. The molecule has 1 heterocycles. The maximum atomic E-state index is 13.5. The SMILES string of the molecule is COc1ccc(F)cc1-c1ccc2cc(C(=O)O)[nH]c2c1. The average molecular weight is 285 g/mol. The standard InChI is InChI=1S/C16H12FNO3/c1-21-15-5-4-11(17)8-12(15)9-2-3-10-7-14(16(19)20)18-13(10)6-9/h2-8,18H,1H3,(H,19,20). The fourth-order valence-corrected chi connectivity index (χ4v) is 2.32. The number of H-pyrrole nitrogens is 1. The van der Waals surface area contributed by atoms with Crippen molar-refractivity contribution in [1.82, 2.24) is 4.98 Å². The molecule has 0 aliphatic rings. The largest absolute Gasteiger partial charge is 0.496 e. The third-order valence-electron chi connectivity index (χ3n) is 3.33. The van der Waals surface area contributed by atoms with Crippen LogP contribution in [0.15, 0.2) is 42.5 Å². The van der Waals surface area contributed by atoms with Crippen LogP contribution < -0.4 is 4.74 Å². The van der Waals surface area contributed by atoms with E-state index < -0.39 is 5.97 Å². The number of aromatic nitrogens is 1. The van der Waals surface area contributed by atoms with E-state index >= 15 is 0 Å². The Morgan fingerprint density at radius 3 is 2.71 bits per heavy atom. The van der Waals surface area contributed by atoms with Gasteiger partial charge in [-0.1, -0.05) is 12.1 Å². The second-order valence-electron chi connectivity index (χ2n) is 4.63. The van der Waals surface area contributed by atoms with Gasteiger partial charge < -0.3 is 14.8 Å². The number of rotatable bonds is 3. The number of carbonyl (C=O) groups is 1. The first-order valence-electron chi connectivity index (χ1n) is 6.28. The first-order chi connectivity index (χ1) is 10.1. The molecule has 0 fully saturated rings. The van der Waals surface area contributed by atoms with Gasteiger partial charge in [0.25, 0.3) is 0 Å². The van der Waals surface area contributed by atoms with Gasteiger partial charge in [0.05, 0.1) is 7.11 Å². The number of methoxy groups -OCH3 is 1. The van der Waals surface area contributed by atoms with Crippen molar-refractivity contribution >= 4 is 16.9 Å². The number of nitrogens with one attached hydrogen (secondary N) is 1. The van der Waals surface area contributed by atoms with Gasteiger partial charge in [-0.15, -0.1) is 0 Å². The van der Waals surface area contributed by atoms with Gasteiger partial charge in [-0.2, -0.15) is 0 Å². The third kappa shape index (κ3) is 2.33. The van der Waals surface area contributed by atoms with Gasteiger partial charge in [0, 0.05) is 16.5 Å². The first kappa shape index (κ1) is 13.2. The second kappa shape index (κ2) is 4.94. The molecule has 0 atom stereocenters. The van der Waals surface area contributed by atoms with Gasteiger partial charge in [0.2, 0.25) is 0 Å². The van der Waals surface area contributed by atoms with Crippen molar-refractivity contribution in [1.29, 1.82) is 0 Å². The van der Waals surface area contributed by atoms with E-state index in [0.29, 0.717) is 16.8 Å². The lowest BCUT2D eigenvalue weighted by atomic mass is 10.0. The number of hydrogen-bond donors (Lipinski definition) is 2. The Morgan fingerprint density at radius 1 is 1.19 bits per heavy atom. The molecule has 3 rings (SSSR count). The molecule has 2 aromatic carbocycles. The van der Waals surface area contributed by atoms with Crippen molar-refractivity contribution in [2.45, 2.75) is 0 Å². The van der Waals surface area contributed by atoms with E-state index in [0.717, 1.165) is 10.9 Å². The number of hydrogen-bond acceptors (Lipinski definition) is 2. The van der Waals surface area contributed by atoms with Gasteiger partial charge in [-0.3, -0.25) is 0 Å². The Labute approximate surface area is 119 Å². The second-order valence-corrected chi connectivity index (χ2v) is 4.63. The molecule has 0 radical (unpaired) electrons. The van der Waals surface area contributed by atoms with Crippen LogP contribution in [0.3, 0.4) is 0 Å². The summed E-state index contributed by atoms with van der Waals surface area (Å²) >= 11 is 0. The van der Waals surface area contributed by atoms with E-state index in [9.17, 15) is 9.18 Å². The molecule has 106 valence electrons. The Bertz CT molecular complexity index is 839. The van der Waals surface area contributed by atoms with Crippen LogP contribution >= 0.6 is 0 Å². The molecule has 0 aliphatic heterocycles. The van der Waals surface area contributed by atoms with Gasteiger partial charge in [-0.25, -0.2) is 9.18 Å². The van der Waals surface area contributed by atoms with Gasteiger partial charge in [0.15, 0.2) is 0 Å². The minimum absolute atomic E-state index is 0.119. The van der Waals surface area contributed by atoms with Crippen LogP contribution in [0.1, 0.15) is 10.5 Å². The van der Waals surface area contributed by atoms with Crippen LogP contribution in [0.4, 0.5) is 4.39 Å². The molecule has 3 aromatic rings. The molecule has 1 aromatic heterocycles. The van der Waals surface area contributed by atoms with Crippen LogP contribution in [0, 0.1) is 5.82 Å². The van der Waals surface area contributed by atoms with Crippen LogP contribution in [-0.4, -0.2) is 23.2 Å². The van der Waals surface area contributed by atoms with Gasteiger partial charge in [-0.05, 0) is 35.9 Å². The number of benzene rings is 2. The van der Waals surface area contributed by atoms with Crippen molar-refractivity contribution in [2.24, 2.45) is 0 Å².